The highest BCUT2D eigenvalue weighted by molar-refractivity contribution is 5.82. The Balaban J connectivity index is 1.63. The van der Waals surface area contributed by atoms with Crippen LogP contribution < -0.4 is 5.32 Å². The Labute approximate surface area is 129 Å². The molecule has 0 spiro atoms. The van der Waals surface area contributed by atoms with Crippen molar-refractivity contribution in [3.05, 3.63) is 12.7 Å². The number of piperidine rings is 1. The van der Waals surface area contributed by atoms with Gasteiger partial charge in [-0.2, -0.15) is 0 Å². The second kappa shape index (κ2) is 6.95. The van der Waals surface area contributed by atoms with Crippen molar-refractivity contribution in [2.24, 2.45) is 5.92 Å². The smallest absolute Gasteiger partial charge is 0.240 e. The molecule has 0 aromatic rings. The standard InChI is InChI=1S/C18H30N2O/c1-2-13-20(15-8-4-5-9-15)18(21)17-12-11-14-7-3-6-10-16(14)19-17/h2,14-17,19H,1,3-13H2. The van der Waals surface area contributed by atoms with Crippen LogP contribution in [0.25, 0.3) is 0 Å². The van der Waals surface area contributed by atoms with Crippen LogP contribution in [0.5, 0.6) is 0 Å². The van der Waals surface area contributed by atoms with Crippen molar-refractivity contribution in [3.8, 4) is 0 Å². The molecule has 1 amide bonds. The number of amides is 1. The van der Waals surface area contributed by atoms with Crippen molar-refractivity contribution in [3.63, 3.8) is 0 Å². The predicted molar refractivity (Wildman–Crippen MR) is 86.1 cm³/mol. The Bertz CT molecular complexity index is 375. The maximum Gasteiger partial charge on any atom is 0.240 e. The van der Waals surface area contributed by atoms with E-state index in [4.69, 9.17) is 0 Å². The first-order valence-corrected chi connectivity index (χ1v) is 8.97. The number of nitrogens with zero attached hydrogens (tertiary/aromatic N) is 1. The average molecular weight is 290 g/mol. The van der Waals surface area contributed by atoms with Crippen molar-refractivity contribution in [2.75, 3.05) is 6.54 Å². The highest BCUT2D eigenvalue weighted by Gasteiger charge is 2.37. The Hall–Kier alpha value is -0.830. The van der Waals surface area contributed by atoms with Gasteiger partial charge in [0, 0.05) is 18.6 Å². The first kappa shape index (κ1) is 15.1. The van der Waals surface area contributed by atoms with Crippen LogP contribution in [0.4, 0.5) is 0 Å². The zero-order valence-corrected chi connectivity index (χ0v) is 13.2. The van der Waals surface area contributed by atoms with E-state index in [0.717, 1.165) is 18.9 Å². The van der Waals surface area contributed by atoms with Crippen molar-refractivity contribution >= 4 is 5.91 Å². The monoisotopic (exact) mass is 290 g/mol. The third-order valence-electron chi connectivity index (χ3n) is 5.82. The first-order valence-electron chi connectivity index (χ1n) is 8.97. The van der Waals surface area contributed by atoms with Gasteiger partial charge in [-0.1, -0.05) is 31.8 Å². The summed E-state index contributed by atoms with van der Waals surface area (Å²) in [7, 11) is 0. The van der Waals surface area contributed by atoms with E-state index in [0.29, 0.717) is 18.0 Å². The summed E-state index contributed by atoms with van der Waals surface area (Å²) in [6.45, 7) is 4.57. The fraction of sp³-hybridized carbons (Fsp3) is 0.833. The van der Waals surface area contributed by atoms with Crippen molar-refractivity contribution < 1.29 is 4.79 Å². The van der Waals surface area contributed by atoms with Gasteiger partial charge in [0.15, 0.2) is 0 Å². The molecule has 1 aliphatic heterocycles. The minimum absolute atomic E-state index is 0.0601. The van der Waals surface area contributed by atoms with Crippen LogP contribution in [-0.4, -0.2) is 35.5 Å². The van der Waals surface area contributed by atoms with Crippen molar-refractivity contribution in [1.82, 2.24) is 10.2 Å². The zero-order chi connectivity index (χ0) is 14.7. The molecule has 0 aromatic heterocycles. The van der Waals surface area contributed by atoms with Gasteiger partial charge < -0.3 is 10.2 Å². The van der Waals surface area contributed by atoms with Crippen molar-refractivity contribution in [1.29, 1.82) is 0 Å². The summed E-state index contributed by atoms with van der Waals surface area (Å²) in [6.07, 6.45) is 14.4. The third-order valence-corrected chi connectivity index (χ3v) is 5.82. The summed E-state index contributed by atoms with van der Waals surface area (Å²) in [5.74, 6) is 1.16. The van der Waals surface area contributed by atoms with Gasteiger partial charge in [-0.3, -0.25) is 4.79 Å². The maximum atomic E-state index is 13.0. The molecule has 1 N–H and O–H groups in total. The molecule has 3 fully saturated rings. The zero-order valence-electron chi connectivity index (χ0n) is 13.2. The van der Waals surface area contributed by atoms with Crippen LogP contribution >= 0.6 is 0 Å². The molecule has 3 atom stereocenters. The fourth-order valence-corrected chi connectivity index (χ4v) is 4.66. The molecule has 0 bridgehead atoms. The number of hydrogen-bond acceptors (Lipinski definition) is 2. The molecule has 21 heavy (non-hydrogen) atoms. The van der Waals surface area contributed by atoms with Crippen LogP contribution in [-0.2, 0) is 4.79 Å². The van der Waals surface area contributed by atoms with E-state index >= 15 is 0 Å². The second-order valence-electron chi connectivity index (χ2n) is 7.17. The quantitative estimate of drug-likeness (QED) is 0.806. The van der Waals surface area contributed by atoms with Gasteiger partial charge in [0.2, 0.25) is 5.91 Å². The molecule has 3 rings (SSSR count). The largest absolute Gasteiger partial charge is 0.335 e. The van der Waals surface area contributed by atoms with E-state index in [-0.39, 0.29) is 6.04 Å². The van der Waals surface area contributed by atoms with E-state index < -0.39 is 0 Å². The molecular weight excluding hydrogens is 260 g/mol. The molecule has 2 saturated carbocycles. The van der Waals surface area contributed by atoms with E-state index in [1.165, 1.54) is 57.8 Å². The molecule has 2 aliphatic carbocycles. The van der Waals surface area contributed by atoms with E-state index in [2.05, 4.69) is 16.8 Å². The fourth-order valence-electron chi connectivity index (χ4n) is 4.66. The summed E-state index contributed by atoms with van der Waals surface area (Å²) < 4.78 is 0. The first-order chi connectivity index (χ1) is 10.3. The van der Waals surface area contributed by atoms with Gasteiger partial charge in [0.05, 0.1) is 6.04 Å². The minimum atomic E-state index is 0.0601. The predicted octanol–water partition coefficient (Wildman–Crippen LogP) is 3.25. The number of rotatable bonds is 4. The van der Waals surface area contributed by atoms with Gasteiger partial charge in [0.1, 0.15) is 0 Å². The Morgan fingerprint density at radius 3 is 2.52 bits per heavy atom. The summed E-state index contributed by atoms with van der Waals surface area (Å²) in [6, 6.07) is 1.11. The van der Waals surface area contributed by atoms with E-state index in [9.17, 15) is 4.79 Å². The molecule has 3 heteroatoms. The third kappa shape index (κ3) is 3.33. The minimum Gasteiger partial charge on any atom is -0.335 e. The second-order valence-corrected chi connectivity index (χ2v) is 7.17. The normalized spacial score (nSPS) is 33.4. The van der Waals surface area contributed by atoms with Crippen molar-refractivity contribution in [2.45, 2.75) is 82.3 Å². The summed E-state index contributed by atoms with van der Waals surface area (Å²) in [5, 5.41) is 3.69. The lowest BCUT2D eigenvalue weighted by atomic mass is 9.77. The van der Waals surface area contributed by atoms with Crippen LogP contribution in [0.15, 0.2) is 12.7 Å². The summed E-state index contributed by atoms with van der Waals surface area (Å²) >= 11 is 0. The lowest BCUT2D eigenvalue weighted by molar-refractivity contribution is -0.136. The van der Waals surface area contributed by atoms with Gasteiger partial charge >= 0.3 is 0 Å². The Morgan fingerprint density at radius 1 is 1.05 bits per heavy atom. The number of carbonyl (C=O) groups is 1. The topological polar surface area (TPSA) is 32.3 Å². The molecule has 3 aliphatic rings. The van der Waals surface area contributed by atoms with Gasteiger partial charge in [0.25, 0.3) is 0 Å². The maximum absolute atomic E-state index is 13.0. The molecule has 0 aromatic carbocycles. The van der Waals surface area contributed by atoms with E-state index in [1.807, 2.05) is 6.08 Å². The Kier molecular flexibility index (Phi) is 4.99. The SMILES string of the molecule is C=CCN(C(=O)C1CCC2CCCCC2N1)C1CCCC1. The highest BCUT2D eigenvalue weighted by Crippen LogP contribution is 2.33. The lowest BCUT2D eigenvalue weighted by Crippen LogP contribution is -2.57. The molecule has 3 unspecified atom stereocenters. The molecule has 3 nitrogen and oxygen atoms in total. The van der Waals surface area contributed by atoms with Gasteiger partial charge in [-0.05, 0) is 44.4 Å². The molecule has 0 radical (unpaired) electrons. The van der Waals surface area contributed by atoms with Crippen LogP contribution in [0.3, 0.4) is 0 Å². The van der Waals surface area contributed by atoms with Crippen LogP contribution in [0.1, 0.15) is 64.2 Å². The lowest BCUT2D eigenvalue weighted by Gasteiger charge is -2.42. The van der Waals surface area contributed by atoms with Gasteiger partial charge in [-0.25, -0.2) is 0 Å². The van der Waals surface area contributed by atoms with Crippen LogP contribution in [0, 0.1) is 5.92 Å². The summed E-state index contributed by atoms with van der Waals surface area (Å²) in [5.41, 5.74) is 0. The summed E-state index contributed by atoms with van der Waals surface area (Å²) in [4.78, 5) is 15.1. The molecule has 1 heterocycles. The number of nitrogens with one attached hydrogen (secondary N) is 1. The Morgan fingerprint density at radius 2 is 1.76 bits per heavy atom. The molecular formula is C18H30N2O. The van der Waals surface area contributed by atoms with Gasteiger partial charge in [-0.15, -0.1) is 6.58 Å². The van der Waals surface area contributed by atoms with E-state index in [1.54, 1.807) is 0 Å². The molecule has 1 saturated heterocycles. The number of hydrogen-bond donors (Lipinski definition) is 1. The molecule has 118 valence electrons. The van der Waals surface area contributed by atoms with Crippen LogP contribution in [0.2, 0.25) is 0 Å². The number of fused-ring (bicyclic) bond motifs is 1. The highest BCUT2D eigenvalue weighted by atomic mass is 16.2. The average Bonchev–Trinajstić information content (AvgIpc) is 3.05. The number of carbonyl (C=O) groups excluding carboxylic acids is 1.